The van der Waals surface area contributed by atoms with Crippen LogP contribution in [0.2, 0.25) is 0 Å². The van der Waals surface area contributed by atoms with Crippen LogP contribution in [0.15, 0.2) is 72.1 Å². The van der Waals surface area contributed by atoms with E-state index in [9.17, 15) is 22.8 Å². The van der Waals surface area contributed by atoms with Crippen molar-refractivity contribution in [1.29, 1.82) is 0 Å². The van der Waals surface area contributed by atoms with Crippen LogP contribution in [-0.4, -0.2) is 47.9 Å². The Morgan fingerprint density at radius 3 is 2.25 bits per heavy atom. The van der Waals surface area contributed by atoms with Gasteiger partial charge in [0.15, 0.2) is 0 Å². The SMILES string of the molecule is CCOCCCN(CC(=O)N(Cc1ccccc1)Cc1cccs1)C(=O)c1ccc(C(F)(F)F)cc1. The zero-order valence-electron chi connectivity index (χ0n) is 20.0. The molecular weight excluding hydrogens is 489 g/mol. The number of amides is 2. The van der Waals surface area contributed by atoms with Gasteiger partial charge in [-0.3, -0.25) is 9.59 Å². The Hall–Kier alpha value is -3.17. The van der Waals surface area contributed by atoms with Crippen LogP contribution in [0.25, 0.3) is 0 Å². The number of carbonyl (C=O) groups excluding carboxylic acids is 2. The van der Waals surface area contributed by atoms with Crippen LogP contribution in [0.1, 0.15) is 39.7 Å². The van der Waals surface area contributed by atoms with Gasteiger partial charge in [0.2, 0.25) is 5.91 Å². The second-order valence-electron chi connectivity index (χ2n) is 8.17. The highest BCUT2D eigenvalue weighted by atomic mass is 32.1. The largest absolute Gasteiger partial charge is 0.416 e. The van der Waals surface area contributed by atoms with Gasteiger partial charge in [0, 0.05) is 36.7 Å². The Morgan fingerprint density at radius 1 is 0.917 bits per heavy atom. The lowest BCUT2D eigenvalue weighted by Crippen LogP contribution is -2.43. The fourth-order valence-electron chi connectivity index (χ4n) is 3.63. The van der Waals surface area contributed by atoms with Crippen LogP contribution in [0.4, 0.5) is 13.2 Å². The molecule has 0 aliphatic carbocycles. The van der Waals surface area contributed by atoms with Crippen molar-refractivity contribution in [2.75, 3.05) is 26.3 Å². The van der Waals surface area contributed by atoms with Gasteiger partial charge in [-0.25, -0.2) is 0 Å². The summed E-state index contributed by atoms with van der Waals surface area (Å²) < 4.78 is 44.2. The van der Waals surface area contributed by atoms with E-state index in [-0.39, 0.29) is 24.6 Å². The van der Waals surface area contributed by atoms with E-state index in [1.54, 1.807) is 16.2 Å². The average Bonchev–Trinajstić information content (AvgIpc) is 3.38. The number of nitrogens with zero attached hydrogens (tertiary/aromatic N) is 2. The van der Waals surface area contributed by atoms with E-state index in [0.29, 0.717) is 32.7 Å². The zero-order valence-corrected chi connectivity index (χ0v) is 20.9. The lowest BCUT2D eigenvalue weighted by atomic mass is 10.1. The first-order valence-electron chi connectivity index (χ1n) is 11.7. The maximum absolute atomic E-state index is 13.5. The molecule has 0 atom stereocenters. The zero-order chi connectivity index (χ0) is 26.0. The van der Waals surface area contributed by atoms with Gasteiger partial charge in [0.05, 0.1) is 12.1 Å². The van der Waals surface area contributed by atoms with Crippen LogP contribution in [0.3, 0.4) is 0 Å². The highest BCUT2D eigenvalue weighted by Crippen LogP contribution is 2.29. The van der Waals surface area contributed by atoms with Gasteiger partial charge in [-0.05, 0) is 54.6 Å². The van der Waals surface area contributed by atoms with Crippen molar-refractivity contribution >= 4 is 23.2 Å². The smallest absolute Gasteiger partial charge is 0.382 e. The summed E-state index contributed by atoms with van der Waals surface area (Å²) >= 11 is 1.54. The van der Waals surface area contributed by atoms with Crippen LogP contribution >= 0.6 is 11.3 Å². The number of ether oxygens (including phenoxy) is 1. The van der Waals surface area contributed by atoms with Gasteiger partial charge in [0.25, 0.3) is 5.91 Å². The first kappa shape index (κ1) is 27.4. The number of halogens is 3. The molecule has 5 nitrogen and oxygen atoms in total. The number of alkyl halides is 3. The van der Waals surface area contributed by atoms with Crippen molar-refractivity contribution in [2.45, 2.75) is 32.6 Å². The molecule has 3 aromatic rings. The fraction of sp³-hybridized carbons (Fsp3) is 0.333. The molecule has 0 bridgehead atoms. The van der Waals surface area contributed by atoms with E-state index in [0.717, 1.165) is 34.7 Å². The molecule has 9 heteroatoms. The van der Waals surface area contributed by atoms with Gasteiger partial charge < -0.3 is 14.5 Å². The topological polar surface area (TPSA) is 49.9 Å². The summed E-state index contributed by atoms with van der Waals surface area (Å²) in [6.07, 6.45) is -3.99. The molecule has 0 fully saturated rings. The molecule has 0 aliphatic heterocycles. The molecule has 2 aromatic carbocycles. The van der Waals surface area contributed by atoms with Crippen molar-refractivity contribution in [3.05, 3.63) is 93.7 Å². The summed E-state index contributed by atoms with van der Waals surface area (Å²) in [5, 5.41) is 1.94. The summed E-state index contributed by atoms with van der Waals surface area (Å²) in [6.45, 7) is 3.61. The Bertz CT molecular complexity index is 1090. The molecule has 0 spiro atoms. The predicted molar refractivity (Wildman–Crippen MR) is 133 cm³/mol. The quantitative estimate of drug-likeness (QED) is 0.282. The number of rotatable bonds is 12. The number of thiophene rings is 1. The Balaban J connectivity index is 1.79. The van der Waals surface area contributed by atoms with Crippen molar-refractivity contribution in [3.8, 4) is 0 Å². The van der Waals surface area contributed by atoms with Gasteiger partial charge in [-0.15, -0.1) is 11.3 Å². The average molecular weight is 519 g/mol. The monoisotopic (exact) mass is 518 g/mol. The summed E-state index contributed by atoms with van der Waals surface area (Å²) in [7, 11) is 0. The molecule has 1 aromatic heterocycles. The van der Waals surface area contributed by atoms with Crippen LogP contribution < -0.4 is 0 Å². The second kappa shape index (κ2) is 13.2. The predicted octanol–water partition coefficient (Wildman–Crippen LogP) is 5.86. The fourth-order valence-corrected chi connectivity index (χ4v) is 4.35. The lowest BCUT2D eigenvalue weighted by molar-refractivity contribution is -0.137. The second-order valence-corrected chi connectivity index (χ2v) is 9.20. The maximum atomic E-state index is 13.5. The summed E-state index contributed by atoms with van der Waals surface area (Å²) in [5.74, 6) is -0.742. The van der Waals surface area contributed by atoms with E-state index in [1.807, 2.05) is 54.8 Å². The van der Waals surface area contributed by atoms with Crippen LogP contribution in [0, 0.1) is 0 Å². The summed E-state index contributed by atoms with van der Waals surface area (Å²) in [6, 6.07) is 17.5. The van der Waals surface area contributed by atoms with Crippen molar-refractivity contribution in [3.63, 3.8) is 0 Å². The van der Waals surface area contributed by atoms with Gasteiger partial charge >= 0.3 is 6.18 Å². The molecule has 3 rings (SSSR count). The molecule has 0 N–H and O–H groups in total. The van der Waals surface area contributed by atoms with E-state index >= 15 is 0 Å². The minimum atomic E-state index is -4.49. The summed E-state index contributed by atoms with van der Waals surface area (Å²) in [4.78, 5) is 30.8. The van der Waals surface area contributed by atoms with Crippen molar-refractivity contribution in [2.24, 2.45) is 0 Å². The first-order valence-corrected chi connectivity index (χ1v) is 12.5. The molecule has 0 radical (unpaired) electrons. The standard InChI is InChI=1S/C27H29F3N2O3S/c1-2-35-16-7-15-31(26(34)22-11-13-23(14-12-22)27(28,29)30)20-25(33)32(19-24-10-6-17-36-24)18-21-8-4-3-5-9-21/h3-6,8-14,17H,2,7,15-16,18-20H2,1H3. The molecular formula is C27H29F3N2O3S. The molecule has 192 valence electrons. The van der Waals surface area contributed by atoms with Gasteiger partial charge in [0.1, 0.15) is 6.54 Å². The molecule has 36 heavy (non-hydrogen) atoms. The Labute approximate surface area is 213 Å². The minimum Gasteiger partial charge on any atom is -0.382 e. The van der Waals surface area contributed by atoms with Crippen LogP contribution in [0.5, 0.6) is 0 Å². The van der Waals surface area contributed by atoms with Crippen LogP contribution in [-0.2, 0) is 28.8 Å². The lowest BCUT2D eigenvalue weighted by Gasteiger charge is -2.28. The highest BCUT2D eigenvalue weighted by molar-refractivity contribution is 7.09. The first-order chi connectivity index (χ1) is 17.3. The Kier molecular flexibility index (Phi) is 10.1. The van der Waals surface area contributed by atoms with E-state index in [1.165, 1.54) is 4.90 Å². The molecule has 1 heterocycles. The third-order valence-electron chi connectivity index (χ3n) is 5.49. The maximum Gasteiger partial charge on any atom is 0.416 e. The van der Waals surface area contributed by atoms with E-state index in [2.05, 4.69) is 0 Å². The number of hydrogen-bond acceptors (Lipinski definition) is 4. The third kappa shape index (κ3) is 8.20. The summed E-state index contributed by atoms with van der Waals surface area (Å²) in [5.41, 5.74) is 0.224. The molecule has 0 saturated heterocycles. The van der Waals surface area contributed by atoms with Gasteiger partial charge in [-0.2, -0.15) is 13.2 Å². The highest BCUT2D eigenvalue weighted by Gasteiger charge is 2.31. The molecule has 0 unspecified atom stereocenters. The third-order valence-corrected chi connectivity index (χ3v) is 6.35. The molecule has 0 saturated carbocycles. The van der Waals surface area contributed by atoms with E-state index < -0.39 is 17.6 Å². The number of benzene rings is 2. The van der Waals surface area contributed by atoms with Crippen molar-refractivity contribution in [1.82, 2.24) is 9.80 Å². The molecule has 0 aliphatic rings. The van der Waals surface area contributed by atoms with Gasteiger partial charge in [-0.1, -0.05) is 36.4 Å². The van der Waals surface area contributed by atoms with E-state index in [4.69, 9.17) is 4.74 Å². The minimum absolute atomic E-state index is 0.0973. The van der Waals surface area contributed by atoms with Crippen molar-refractivity contribution < 1.29 is 27.5 Å². The normalized spacial score (nSPS) is 11.3. The molecule has 2 amide bonds. The Morgan fingerprint density at radius 2 is 1.64 bits per heavy atom. The number of carbonyl (C=O) groups is 2. The number of hydrogen-bond donors (Lipinski definition) is 0.